The highest BCUT2D eigenvalue weighted by Crippen LogP contribution is 2.26. The zero-order valence-electron chi connectivity index (χ0n) is 12.9. The first kappa shape index (κ1) is 16.0. The Morgan fingerprint density at radius 3 is 2.52 bits per heavy atom. The number of hydrogen-bond acceptors (Lipinski definition) is 4. The molecule has 1 unspecified atom stereocenters. The summed E-state index contributed by atoms with van der Waals surface area (Å²) >= 11 is 0. The predicted octanol–water partition coefficient (Wildman–Crippen LogP) is 0.419. The monoisotopic (exact) mass is 314 g/mol. The quantitative estimate of drug-likeness (QED) is 0.873. The van der Waals surface area contributed by atoms with Crippen LogP contribution in [-0.4, -0.2) is 47.5 Å². The van der Waals surface area contributed by atoms with E-state index in [2.05, 4.69) is 10.4 Å². The normalized spacial score (nSPS) is 20.6. The van der Waals surface area contributed by atoms with Crippen molar-refractivity contribution in [1.29, 1.82) is 0 Å². The van der Waals surface area contributed by atoms with Gasteiger partial charge in [0.1, 0.15) is 10.9 Å². The van der Waals surface area contributed by atoms with Crippen molar-refractivity contribution in [3.63, 3.8) is 0 Å². The highest BCUT2D eigenvalue weighted by Gasteiger charge is 2.39. The van der Waals surface area contributed by atoms with E-state index in [1.807, 2.05) is 13.8 Å². The van der Waals surface area contributed by atoms with Crippen molar-refractivity contribution in [2.75, 3.05) is 13.1 Å². The average Bonchev–Trinajstić information content (AvgIpc) is 2.73. The van der Waals surface area contributed by atoms with E-state index in [1.165, 1.54) is 4.31 Å². The third kappa shape index (κ3) is 2.57. The molecule has 1 N–H and O–H groups in total. The summed E-state index contributed by atoms with van der Waals surface area (Å²) in [5.41, 5.74) is 1.10. The molecule has 1 aliphatic heterocycles. The molecule has 0 aliphatic carbocycles. The summed E-state index contributed by atoms with van der Waals surface area (Å²) in [4.78, 5) is 12.1. The van der Waals surface area contributed by atoms with E-state index >= 15 is 0 Å². The lowest BCUT2D eigenvalue weighted by atomic mass is 10.2. The molecule has 1 fully saturated rings. The minimum atomic E-state index is -3.72. The van der Waals surface area contributed by atoms with Gasteiger partial charge in [-0.25, -0.2) is 8.42 Å². The van der Waals surface area contributed by atoms with Crippen LogP contribution in [0.15, 0.2) is 4.90 Å². The largest absolute Gasteiger partial charge is 0.353 e. The molecular formula is C13H22N4O3S. The Balaban J connectivity index is 2.51. The molecule has 118 valence electrons. The third-order valence-corrected chi connectivity index (χ3v) is 6.01. The Hall–Kier alpha value is -1.41. The molecule has 1 aromatic rings. The van der Waals surface area contributed by atoms with Gasteiger partial charge in [0, 0.05) is 19.6 Å². The fourth-order valence-corrected chi connectivity index (χ4v) is 4.89. The van der Waals surface area contributed by atoms with Crippen LogP contribution in [-0.2, 0) is 21.4 Å². The van der Waals surface area contributed by atoms with E-state index in [9.17, 15) is 13.2 Å². The number of nitrogens with zero attached hydrogens (tertiary/aromatic N) is 3. The van der Waals surface area contributed by atoms with Crippen LogP contribution in [0.1, 0.15) is 31.7 Å². The van der Waals surface area contributed by atoms with Gasteiger partial charge in [-0.3, -0.25) is 9.48 Å². The van der Waals surface area contributed by atoms with Crippen molar-refractivity contribution >= 4 is 15.9 Å². The van der Waals surface area contributed by atoms with Crippen LogP contribution in [0.5, 0.6) is 0 Å². The number of aryl methyl sites for hydroxylation is 2. The standard InChI is InChI=1S/C13H22N4O3S/c1-5-11-13(18)14-7-8-17(11)21(19,20)12-9(3)15-16(6-2)10(12)4/h11H,5-8H2,1-4H3,(H,14,18). The molecule has 0 spiro atoms. The van der Waals surface area contributed by atoms with Crippen LogP contribution >= 0.6 is 0 Å². The van der Waals surface area contributed by atoms with Crippen LogP contribution in [0.4, 0.5) is 0 Å². The number of nitrogens with one attached hydrogen (secondary N) is 1. The fourth-order valence-electron chi connectivity index (χ4n) is 2.85. The summed E-state index contributed by atoms with van der Waals surface area (Å²) in [5.74, 6) is -0.231. The molecule has 7 nitrogen and oxygen atoms in total. The zero-order chi connectivity index (χ0) is 15.8. The first-order valence-electron chi connectivity index (χ1n) is 7.18. The van der Waals surface area contributed by atoms with Gasteiger partial charge in [-0.2, -0.15) is 9.40 Å². The van der Waals surface area contributed by atoms with E-state index in [1.54, 1.807) is 18.5 Å². The number of sulfonamides is 1. The maximum Gasteiger partial charge on any atom is 0.247 e. The molecule has 2 rings (SSSR count). The van der Waals surface area contributed by atoms with Gasteiger partial charge in [-0.1, -0.05) is 6.92 Å². The molecule has 1 amide bonds. The minimum absolute atomic E-state index is 0.231. The molecule has 1 saturated heterocycles. The van der Waals surface area contributed by atoms with Crippen molar-refractivity contribution in [3.05, 3.63) is 11.4 Å². The van der Waals surface area contributed by atoms with Crippen molar-refractivity contribution in [3.8, 4) is 0 Å². The van der Waals surface area contributed by atoms with Gasteiger partial charge in [0.15, 0.2) is 0 Å². The molecule has 0 aromatic carbocycles. The molecule has 1 aromatic heterocycles. The van der Waals surface area contributed by atoms with Gasteiger partial charge >= 0.3 is 0 Å². The zero-order valence-corrected chi connectivity index (χ0v) is 13.7. The lowest BCUT2D eigenvalue weighted by Crippen LogP contribution is -2.56. The van der Waals surface area contributed by atoms with Crippen molar-refractivity contribution in [2.24, 2.45) is 0 Å². The molecule has 8 heteroatoms. The molecule has 0 radical (unpaired) electrons. The Bertz CT molecular complexity index is 651. The van der Waals surface area contributed by atoms with E-state index < -0.39 is 16.1 Å². The number of aromatic nitrogens is 2. The van der Waals surface area contributed by atoms with Crippen molar-refractivity contribution in [2.45, 2.75) is 51.6 Å². The first-order valence-corrected chi connectivity index (χ1v) is 8.62. The summed E-state index contributed by atoms with van der Waals surface area (Å²) in [6.45, 7) is 8.42. The maximum absolute atomic E-state index is 13.0. The number of carbonyl (C=O) groups excluding carboxylic acids is 1. The topological polar surface area (TPSA) is 84.3 Å². The van der Waals surface area contributed by atoms with Gasteiger partial charge in [0.2, 0.25) is 15.9 Å². The second-order valence-corrected chi connectivity index (χ2v) is 6.97. The smallest absolute Gasteiger partial charge is 0.247 e. The lowest BCUT2D eigenvalue weighted by Gasteiger charge is -2.33. The predicted molar refractivity (Wildman–Crippen MR) is 78.4 cm³/mol. The van der Waals surface area contributed by atoms with Gasteiger partial charge in [0.25, 0.3) is 0 Å². The molecule has 0 saturated carbocycles. The van der Waals surface area contributed by atoms with Gasteiger partial charge in [0.05, 0.1) is 11.4 Å². The number of hydrogen-bond donors (Lipinski definition) is 1. The third-order valence-electron chi connectivity index (χ3n) is 3.85. The molecule has 2 heterocycles. The van der Waals surface area contributed by atoms with E-state index in [0.717, 1.165) is 0 Å². The van der Waals surface area contributed by atoms with Crippen LogP contribution < -0.4 is 5.32 Å². The highest BCUT2D eigenvalue weighted by molar-refractivity contribution is 7.89. The van der Waals surface area contributed by atoms with E-state index in [4.69, 9.17) is 0 Å². The Morgan fingerprint density at radius 1 is 1.33 bits per heavy atom. The SMILES string of the molecule is CCC1C(=O)NCCN1S(=O)(=O)c1c(C)nn(CC)c1C. The highest BCUT2D eigenvalue weighted by atomic mass is 32.2. The van der Waals surface area contributed by atoms with E-state index in [-0.39, 0.29) is 10.8 Å². The summed E-state index contributed by atoms with van der Waals surface area (Å²) in [6.07, 6.45) is 0.449. The van der Waals surface area contributed by atoms with Crippen LogP contribution in [0.2, 0.25) is 0 Å². The van der Waals surface area contributed by atoms with Crippen molar-refractivity contribution < 1.29 is 13.2 Å². The molecule has 0 bridgehead atoms. The molecule has 1 atom stereocenters. The molecule has 1 aliphatic rings. The van der Waals surface area contributed by atoms with Crippen LogP contribution in [0, 0.1) is 13.8 Å². The Kier molecular flexibility index (Phi) is 4.38. The van der Waals surface area contributed by atoms with Gasteiger partial charge in [-0.05, 0) is 27.2 Å². The second kappa shape index (κ2) is 5.76. The van der Waals surface area contributed by atoms with Crippen LogP contribution in [0.25, 0.3) is 0 Å². The second-order valence-electron chi connectivity index (χ2n) is 5.15. The summed E-state index contributed by atoms with van der Waals surface area (Å²) in [6, 6.07) is -0.646. The number of piperazine rings is 1. The molecular weight excluding hydrogens is 292 g/mol. The first-order chi connectivity index (χ1) is 9.84. The number of carbonyl (C=O) groups is 1. The van der Waals surface area contributed by atoms with Gasteiger partial charge in [-0.15, -0.1) is 0 Å². The summed E-state index contributed by atoms with van der Waals surface area (Å²) in [7, 11) is -3.72. The molecule has 21 heavy (non-hydrogen) atoms. The maximum atomic E-state index is 13.0. The summed E-state index contributed by atoms with van der Waals surface area (Å²) in [5, 5.41) is 6.99. The lowest BCUT2D eigenvalue weighted by molar-refractivity contribution is -0.126. The Morgan fingerprint density at radius 2 is 2.00 bits per heavy atom. The number of rotatable bonds is 4. The van der Waals surface area contributed by atoms with Crippen LogP contribution in [0.3, 0.4) is 0 Å². The average molecular weight is 314 g/mol. The summed E-state index contributed by atoms with van der Waals surface area (Å²) < 4.78 is 28.9. The number of amides is 1. The minimum Gasteiger partial charge on any atom is -0.353 e. The van der Waals surface area contributed by atoms with Crippen molar-refractivity contribution in [1.82, 2.24) is 19.4 Å². The Labute approximate surface area is 125 Å². The fraction of sp³-hybridized carbons (Fsp3) is 0.692. The van der Waals surface area contributed by atoms with E-state index in [0.29, 0.717) is 37.4 Å². The van der Waals surface area contributed by atoms with Gasteiger partial charge < -0.3 is 5.32 Å².